The minimum Gasteiger partial charge on any atom is -0.271 e. The van der Waals surface area contributed by atoms with E-state index in [1.165, 1.54) is 5.56 Å². The van der Waals surface area contributed by atoms with Crippen LogP contribution in [0, 0.1) is 11.8 Å². The lowest BCUT2D eigenvalue weighted by Gasteiger charge is -2.26. The fourth-order valence-corrected chi connectivity index (χ4v) is 2.22. The van der Waals surface area contributed by atoms with Gasteiger partial charge in [0.05, 0.1) is 5.52 Å². The molecule has 3 heteroatoms. The Bertz CT molecular complexity index is 522. The van der Waals surface area contributed by atoms with Gasteiger partial charge in [0, 0.05) is 17.6 Å². The summed E-state index contributed by atoms with van der Waals surface area (Å²) in [6.45, 7) is 6.66. The summed E-state index contributed by atoms with van der Waals surface area (Å²) >= 11 is 0. The molecule has 0 amide bonds. The van der Waals surface area contributed by atoms with Gasteiger partial charge < -0.3 is 0 Å². The molecule has 0 spiro atoms. The van der Waals surface area contributed by atoms with E-state index in [0.29, 0.717) is 11.8 Å². The van der Waals surface area contributed by atoms with Crippen LogP contribution in [0.15, 0.2) is 36.5 Å². The molecule has 18 heavy (non-hydrogen) atoms. The normalized spacial score (nSPS) is 14.9. The first-order chi connectivity index (χ1) is 8.63. The van der Waals surface area contributed by atoms with Crippen LogP contribution in [0.2, 0.25) is 0 Å². The van der Waals surface area contributed by atoms with Gasteiger partial charge in [0.1, 0.15) is 0 Å². The number of benzene rings is 1. The van der Waals surface area contributed by atoms with E-state index in [-0.39, 0.29) is 6.04 Å². The van der Waals surface area contributed by atoms with E-state index in [0.717, 1.165) is 10.9 Å². The summed E-state index contributed by atoms with van der Waals surface area (Å²) in [4.78, 5) is 4.34. The summed E-state index contributed by atoms with van der Waals surface area (Å²) in [5, 5.41) is 1.16. The van der Waals surface area contributed by atoms with Crippen molar-refractivity contribution >= 4 is 10.9 Å². The van der Waals surface area contributed by atoms with Gasteiger partial charge in [-0.05, 0) is 35.6 Å². The Morgan fingerprint density at radius 3 is 2.61 bits per heavy atom. The van der Waals surface area contributed by atoms with Gasteiger partial charge in [0.25, 0.3) is 0 Å². The van der Waals surface area contributed by atoms with Crippen LogP contribution in [-0.2, 0) is 0 Å². The number of nitrogens with one attached hydrogen (secondary N) is 1. The van der Waals surface area contributed by atoms with Crippen molar-refractivity contribution < 1.29 is 0 Å². The second-order valence-corrected chi connectivity index (χ2v) is 5.20. The number of nitrogens with zero attached hydrogens (tertiary/aromatic N) is 1. The Balaban J connectivity index is 2.39. The number of aromatic nitrogens is 1. The maximum atomic E-state index is 5.72. The molecule has 2 rings (SSSR count). The highest BCUT2D eigenvalue weighted by molar-refractivity contribution is 5.79. The van der Waals surface area contributed by atoms with Crippen LogP contribution >= 0.6 is 0 Å². The molecule has 0 radical (unpaired) electrons. The molecule has 0 bridgehead atoms. The summed E-state index contributed by atoms with van der Waals surface area (Å²) in [6, 6.07) is 10.6. The van der Waals surface area contributed by atoms with Gasteiger partial charge in [-0.1, -0.05) is 32.9 Å². The lowest BCUT2D eigenvalue weighted by Crippen LogP contribution is -2.34. The highest BCUT2D eigenvalue weighted by atomic mass is 15.2. The third kappa shape index (κ3) is 2.52. The highest BCUT2D eigenvalue weighted by Crippen LogP contribution is 2.28. The third-order valence-electron chi connectivity index (χ3n) is 3.74. The van der Waals surface area contributed by atoms with E-state index in [4.69, 9.17) is 5.84 Å². The van der Waals surface area contributed by atoms with Gasteiger partial charge in [-0.2, -0.15) is 0 Å². The predicted molar refractivity (Wildman–Crippen MR) is 75.8 cm³/mol. The average molecular weight is 243 g/mol. The molecule has 1 heterocycles. The zero-order valence-corrected chi connectivity index (χ0v) is 11.2. The number of rotatable bonds is 4. The molecule has 2 aromatic rings. The lowest BCUT2D eigenvalue weighted by molar-refractivity contribution is 0.306. The molecule has 3 nitrogen and oxygen atoms in total. The van der Waals surface area contributed by atoms with Gasteiger partial charge in [0.15, 0.2) is 0 Å². The van der Waals surface area contributed by atoms with E-state index in [1.54, 1.807) is 0 Å². The van der Waals surface area contributed by atoms with Crippen molar-refractivity contribution in [3.63, 3.8) is 0 Å². The molecular weight excluding hydrogens is 222 g/mol. The van der Waals surface area contributed by atoms with Gasteiger partial charge in [-0.25, -0.2) is 0 Å². The Morgan fingerprint density at radius 1 is 1.17 bits per heavy atom. The number of fused-ring (bicyclic) bond motifs is 1. The van der Waals surface area contributed by atoms with Crippen molar-refractivity contribution in [1.82, 2.24) is 10.4 Å². The van der Waals surface area contributed by atoms with E-state index in [2.05, 4.69) is 55.4 Å². The fourth-order valence-electron chi connectivity index (χ4n) is 2.22. The van der Waals surface area contributed by atoms with Crippen LogP contribution < -0.4 is 11.3 Å². The smallest absolute Gasteiger partial charge is 0.0702 e. The fraction of sp³-hybridized carbons (Fsp3) is 0.400. The quantitative estimate of drug-likeness (QED) is 0.641. The summed E-state index contributed by atoms with van der Waals surface area (Å²) in [6.07, 6.45) is 1.82. The topological polar surface area (TPSA) is 50.9 Å². The van der Waals surface area contributed by atoms with Crippen molar-refractivity contribution in [2.75, 3.05) is 0 Å². The van der Waals surface area contributed by atoms with E-state index < -0.39 is 0 Å². The minimum absolute atomic E-state index is 0.176. The van der Waals surface area contributed by atoms with Crippen molar-refractivity contribution in [2.24, 2.45) is 17.7 Å². The highest BCUT2D eigenvalue weighted by Gasteiger charge is 2.20. The molecule has 96 valence electrons. The number of hydrazine groups is 1. The van der Waals surface area contributed by atoms with Crippen LogP contribution in [0.25, 0.3) is 10.9 Å². The van der Waals surface area contributed by atoms with Crippen LogP contribution in [0.5, 0.6) is 0 Å². The molecule has 2 unspecified atom stereocenters. The van der Waals surface area contributed by atoms with Gasteiger partial charge in [0.2, 0.25) is 0 Å². The number of pyridine rings is 1. The number of nitrogens with two attached hydrogens (primary N) is 1. The second kappa shape index (κ2) is 5.46. The van der Waals surface area contributed by atoms with Gasteiger partial charge >= 0.3 is 0 Å². The van der Waals surface area contributed by atoms with Crippen LogP contribution in [-0.4, -0.2) is 4.98 Å². The number of hydrogen-bond acceptors (Lipinski definition) is 3. The Labute approximate surface area is 108 Å². The molecule has 0 aliphatic heterocycles. The monoisotopic (exact) mass is 243 g/mol. The molecule has 1 aromatic heterocycles. The summed E-state index contributed by atoms with van der Waals surface area (Å²) < 4.78 is 0. The molecule has 0 saturated heterocycles. The molecule has 0 saturated carbocycles. The van der Waals surface area contributed by atoms with Gasteiger partial charge in [-0.3, -0.25) is 16.3 Å². The standard InChI is InChI=1S/C15H21N3/c1-10(2)11(3)15(18-16)13-6-7-14-12(9-13)5-4-8-17-14/h4-11,15,18H,16H2,1-3H3. The molecule has 0 fully saturated rings. The summed E-state index contributed by atoms with van der Waals surface area (Å²) in [5.41, 5.74) is 5.19. The maximum absolute atomic E-state index is 5.72. The average Bonchev–Trinajstić information content (AvgIpc) is 2.39. The van der Waals surface area contributed by atoms with Crippen LogP contribution in [0.1, 0.15) is 32.4 Å². The molecular formula is C15H21N3. The minimum atomic E-state index is 0.176. The van der Waals surface area contributed by atoms with E-state index in [9.17, 15) is 0 Å². The Morgan fingerprint density at radius 2 is 1.94 bits per heavy atom. The van der Waals surface area contributed by atoms with Crippen molar-refractivity contribution in [3.8, 4) is 0 Å². The first kappa shape index (κ1) is 13.0. The zero-order chi connectivity index (χ0) is 13.1. The van der Waals surface area contributed by atoms with Crippen LogP contribution in [0.4, 0.5) is 0 Å². The second-order valence-electron chi connectivity index (χ2n) is 5.20. The van der Waals surface area contributed by atoms with Crippen molar-refractivity contribution in [1.29, 1.82) is 0 Å². The number of hydrogen-bond donors (Lipinski definition) is 2. The SMILES string of the molecule is CC(C)C(C)C(NN)c1ccc2ncccc2c1. The first-order valence-electron chi connectivity index (χ1n) is 6.44. The molecule has 1 aromatic carbocycles. The Kier molecular flexibility index (Phi) is 3.94. The summed E-state index contributed by atoms with van der Waals surface area (Å²) in [5.74, 6) is 6.78. The van der Waals surface area contributed by atoms with Crippen molar-refractivity contribution in [3.05, 3.63) is 42.1 Å². The molecule has 0 aliphatic carbocycles. The maximum Gasteiger partial charge on any atom is 0.0702 e. The predicted octanol–water partition coefficient (Wildman–Crippen LogP) is 3.03. The lowest BCUT2D eigenvalue weighted by atomic mass is 9.86. The molecule has 0 aliphatic rings. The molecule has 2 atom stereocenters. The van der Waals surface area contributed by atoms with E-state index >= 15 is 0 Å². The van der Waals surface area contributed by atoms with E-state index in [1.807, 2.05) is 12.3 Å². The third-order valence-corrected chi connectivity index (χ3v) is 3.74. The van der Waals surface area contributed by atoms with Crippen LogP contribution in [0.3, 0.4) is 0 Å². The van der Waals surface area contributed by atoms with Gasteiger partial charge in [-0.15, -0.1) is 0 Å². The first-order valence-corrected chi connectivity index (χ1v) is 6.44. The Hall–Kier alpha value is -1.45. The molecule has 3 N–H and O–H groups in total. The zero-order valence-electron chi connectivity index (χ0n) is 11.2. The summed E-state index contributed by atoms with van der Waals surface area (Å²) in [7, 11) is 0. The van der Waals surface area contributed by atoms with Crippen molar-refractivity contribution in [2.45, 2.75) is 26.8 Å². The largest absolute Gasteiger partial charge is 0.271 e.